The maximum atomic E-state index is 13.6. The fourth-order valence-electron chi connectivity index (χ4n) is 1.87. The van der Waals surface area contributed by atoms with Crippen molar-refractivity contribution in [1.82, 2.24) is 4.98 Å². The lowest BCUT2D eigenvalue weighted by Crippen LogP contribution is -2.17. The summed E-state index contributed by atoms with van der Waals surface area (Å²) in [5.74, 6) is -0.462. The molecule has 0 fully saturated rings. The van der Waals surface area contributed by atoms with E-state index in [9.17, 15) is 9.18 Å². The standard InChI is InChI=1S/C15H17FN2O2S/c1-18(9-11-5-3-4-6-13(11)16)15-17-12(10-21-15)7-8-14(19)20-2/h3-6,10H,7-9H2,1-2H3. The van der Waals surface area contributed by atoms with Gasteiger partial charge in [-0.05, 0) is 6.07 Å². The summed E-state index contributed by atoms with van der Waals surface area (Å²) in [5, 5.41) is 2.72. The van der Waals surface area contributed by atoms with Gasteiger partial charge in [0.2, 0.25) is 0 Å². The molecule has 2 aromatic rings. The van der Waals surface area contributed by atoms with E-state index in [0.29, 0.717) is 24.9 Å². The predicted molar refractivity (Wildman–Crippen MR) is 81.0 cm³/mol. The molecule has 1 heterocycles. The van der Waals surface area contributed by atoms with E-state index in [2.05, 4.69) is 9.72 Å². The van der Waals surface area contributed by atoms with Crippen LogP contribution in [-0.4, -0.2) is 25.1 Å². The molecule has 0 radical (unpaired) electrons. The number of esters is 1. The number of methoxy groups -OCH3 is 1. The van der Waals surface area contributed by atoms with Crippen LogP contribution in [0.15, 0.2) is 29.6 Å². The Morgan fingerprint density at radius 1 is 1.43 bits per heavy atom. The van der Waals surface area contributed by atoms with Gasteiger partial charge < -0.3 is 9.64 Å². The molecule has 0 unspecified atom stereocenters. The Balaban J connectivity index is 1.97. The Labute approximate surface area is 127 Å². The van der Waals surface area contributed by atoms with Gasteiger partial charge in [-0.3, -0.25) is 4.79 Å². The molecule has 0 saturated heterocycles. The zero-order chi connectivity index (χ0) is 15.2. The molecule has 112 valence electrons. The van der Waals surface area contributed by atoms with Crippen molar-refractivity contribution in [3.8, 4) is 0 Å². The molecule has 4 nitrogen and oxygen atoms in total. The molecule has 0 amide bonds. The average Bonchev–Trinajstić information content (AvgIpc) is 2.96. The highest BCUT2D eigenvalue weighted by atomic mass is 32.1. The number of benzene rings is 1. The minimum atomic E-state index is -0.246. The van der Waals surface area contributed by atoms with Crippen molar-refractivity contribution >= 4 is 22.4 Å². The van der Waals surface area contributed by atoms with Crippen LogP contribution < -0.4 is 4.90 Å². The topological polar surface area (TPSA) is 42.4 Å². The molecule has 2 rings (SSSR count). The summed E-state index contributed by atoms with van der Waals surface area (Å²) in [6.07, 6.45) is 0.868. The van der Waals surface area contributed by atoms with E-state index in [1.54, 1.807) is 12.1 Å². The number of rotatable bonds is 6. The van der Waals surface area contributed by atoms with Crippen LogP contribution in [-0.2, 0) is 22.5 Å². The normalized spacial score (nSPS) is 10.4. The number of aryl methyl sites for hydroxylation is 1. The number of hydrogen-bond acceptors (Lipinski definition) is 5. The zero-order valence-electron chi connectivity index (χ0n) is 12.0. The van der Waals surface area contributed by atoms with Gasteiger partial charge in [-0.1, -0.05) is 18.2 Å². The smallest absolute Gasteiger partial charge is 0.305 e. The second-order valence-electron chi connectivity index (χ2n) is 4.65. The van der Waals surface area contributed by atoms with Gasteiger partial charge in [0.1, 0.15) is 5.82 Å². The molecule has 1 aromatic carbocycles. The third kappa shape index (κ3) is 4.26. The van der Waals surface area contributed by atoms with Gasteiger partial charge in [0, 0.05) is 31.0 Å². The Kier molecular flexibility index (Phi) is 5.27. The number of carbonyl (C=O) groups is 1. The lowest BCUT2D eigenvalue weighted by atomic mass is 10.2. The third-order valence-electron chi connectivity index (χ3n) is 3.04. The fourth-order valence-corrected chi connectivity index (χ4v) is 2.69. The Morgan fingerprint density at radius 2 is 2.19 bits per heavy atom. The monoisotopic (exact) mass is 308 g/mol. The molecule has 0 aliphatic carbocycles. The highest BCUT2D eigenvalue weighted by Crippen LogP contribution is 2.22. The van der Waals surface area contributed by atoms with Gasteiger partial charge in [0.25, 0.3) is 0 Å². The first-order valence-electron chi connectivity index (χ1n) is 6.56. The van der Waals surface area contributed by atoms with E-state index in [0.717, 1.165) is 10.8 Å². The largest absolute Gasteiger partial charge is 0.469 e. The first-order valence-corrected chi connectivity index (χ1v) is 7.44. The van der Waals surface area contributed by atoms with E-state index >= 15 is 0 Å². The number of hydrogen-bond donors (Lipinski definition) is 0. The first-order chi connectivity index (χ1) is 10.1. The van der Waals surface area contributed by atoms with E-state index in [-0.39, 0.29) is 11.8 Å². The quantitative estimate of drug-likeness (QED) is 0.769. The van der Waals surface area contributed by atoms with Crippen molar-refractivity contribution in [1.29, 1.82) is 0 Å². The van der Waals surface area contributed by atoms with Crippen LogP contribution in [0.5, 0.6) is 0 Å². The van der Waals surface area contributed by atoms with Crippen LogP contribution in [0, 0.1) is 5.82 Å². The molecule has 0 atom stereocenters. The molecule has 0 spiro atoms. The number of thiazole rings is 1. The second kappa shape index (κ2) is 7.17. The molecule has 6 heteroatoms. The average molecular weight is 308 g/mol. The number of nitrogens with zero attached hydrogens (tertiary/aromatic N) is 2. The highest BCUT2D eigenvalue weighted by molar-refractivity contribution is 7.13. The number of ether oxygens (including phenoxy) is 1. The summed E-state index contributed by atoms with van der Waals surface area (Å²) >= 11 is 1.48. The van der Waals surface area contributed by atoms with E-state index < -0.39 is 0 Å². The van der Waals surface area contributed by atoms with Crippen molar-refractivity contribution in [2.24, 2.45) is 0 Å². The molecule has 21 heavy (non-hydrogen) atoms. The number of anilines is 1. The predicted octanol–water partition coefficient (Wildman–Crippen LogP) is 3.02. The number of aromatic nitrogens is 1. The minimum Gasteiger partial charge on any atom is -0.469 e. The maximum absolute atomic E-state index is 13.6. The zero-order valence-corrected chi connectivity index (χ0v) is 12.8. The molecular weight excluding hydrogens is 291 g/mol. The van der Waals surface area contributed by atoms with Gasteiger partial charge in [-0.2, -0.15) is 0 Å². The highest BCUT2D eigenvalue weighted by Gasteiger charge is 2.11. The van der Waals surface area contributed by atoms with Gasteiger partial charge >= 0.3 is 5.97 Å². The summed E-state index contributed by atoms with van der Waals surface area (Å²) in [6, 6.07) is 6.70. The van der Waals surface area contributed by atoms with Gasteiger partial charge in [-0.15, -0.1) is 11.3 Å². The Hall–Kier alpha value is -1.95. The summed E-state index contributed by atoms with van der Waals surface area (Å²) in [7, 11) is 3.24. The van der Waals surface area contributed by atoms with Crippen molar-refractivity contribution in [2.75, 3.05) is 19.1 Å². The molecule has 1 aromatic heterocycles. The second-order valence-corrected chi connectivity index (χ2v) is 5.48. The molecule has 0 saturated carbocycles. The lowest BCUT2D eigenvalue weighted by molar-refractivity contribution is -0.140. The van der Waals surface area contributed by atoms with Crippen molar-refractivity contribution in [3.05, 3.63) is 46.7 Å². The van der Waals surface area contributed by atoms with Crippen LogP contribution in [0.2, 0.25) is 0 Å². The van der Waals surface area contributed by atoms with E-state index in [4.69, 9.17) is 0 Å². The maximum Gasteiger partial charge on any atom is 0.305 e. The Morgan fingerprint density at radius 3 is 2.90 bits per heavy atom. The van der Waals surface area contributed by atoms with Crippen LogP contribution in [0.1, 0.15) is 17.7 Å². The number of halogens is 1. The SMILES string of the molecule is COC(=O)CCc1csc(N(C)Cc2ccccc2F)n1. The molecule has 0 N–H and O–H groups in total. The first kappa shape index (κ1) is 15.4. The van der Waals surface area contributed by atoms with Crippen molar-refractivity contribution in [2.45, 2.75) is 19.4 Å². The van der Waals surface area contributed by atoms with Crippen LogP contribution in [0.25, 0.3) is 0 Å². The van der Waals surface area contributed by atoms with E-state index in [1.807, 2.05) is 23.4 Å². The summed E-state index contributed by atoms with van der Waals surface area (Å²) < 4.78 is 18.2. The summed E-state index contributed by atoms with van der Waals surface area (Å²) in [4.78, 5) is 17.5. The Bertz CT molecular complexity index is 615. The lowest BCUT2D eigenvalue weighted by Gasteiger charge is -2.16. The van der Waals surface area contributed by atoms with Gasteiger partial charge in [0.05, 0.1) is 19.2 Å². The molecule has 0 bridgehead atoms. The molecule has 0 aliphatic rings. The van der Waals surface area contributed by atoms with Crippen LogP contribution in [0.4, 0.5) is 9.52 Å². The minimum absolute atomic E-state index is 0.216. The van der Waals surface area contributed by atoms with Crippen LogP contribution in [0.3, 0.4) is 0 Å². The van der Waals surface area contributed by atoms with Crippen LogP contribution >= 0.6 is 11.3 Å². The number of carbonyl (C=O) groups excluding carboxylic acids is 1. The van der Waals surface area contributed by atoms with Gasteiger partial charge in [0.15, 0.2) is 5.13 Å². The van der Waals surface area contributed by atoms with Gasteiger partial charge in [-0.25, -0.2) is 9.37 Å². The summed E-state index contributed by atoms with van der Waals surface area (Å²) in [6.45, 7) is 0.455. The molecule has 0 aliphatic heterocycles. The van der Waals surface area contributed by atoms with Crippen molar-refractivity contribution in [3.63, 3.8) is 0 Å². The van der Waals surface area contributed by atoms with E-state index in [1.165, 1.54) is 24.5 Å². The van der Waals surface area contributed by atoms with Crippen molar-refractivity contribution < 1.29 is 13.9 Å². The molecular formula is C15H17FN2O2S. The summed E-state index contributed by atoms with van der Waals surface area (Å²) in [5.41, 5.74) is 1.48. The fraction of sp³-hybridized carbons (Fsp3) is 0.333. The third-order valence-corrected chi connectivity index (χ3v) is 4.05.